The minimum atomic E-state index is 1.14. The van der Waals surface area contributed by atoms with Crippen LogP contribution >= 0.6 is 0 Å². The molecule has 4 heteroatoms. The SMILES string of the molecule is c1ccc(-c2ccc(-n3c4ccccc4c4c3ccc3c5ccc(-c6ccccc6)cc5n(-c5ccc(-c6ccccc6)cc5)c34)cc2)cc1.c1ccc(-c2cccc(-n3c4ccccc4c4c3ccc3c5cc(-c6ccccc6)ccc5n(-c5cccc(-c6ccccc6)c5)c34)c2)cc1. The number of benzene rings is 16. The van der Waals surface area contributed by atoms with Crippen LogP contribution in [0.25, 0.3) is 177 Å². The molecule has 0 spiro atoms. The maximum atomic E-state index is 2.49. The van der Waals surface area contributed by atoms with Crippen molar-refractivity contribution in [2.75, 3.05) is 0 Å². The number of fused-ring (bicyclic) bond motifs is 14. The lowest BCUT2D eigenvalue weighted by Crippen LogP contribution is -1.96. The Hall–Kier alpha value is -13.3. The normalized spacial score (nSPS) is 11.6. The molecule has 0 saturated carbocycles. The van der Waals surface area contributed by atoms with Crippen LogP contribution < -0.4 is 0 Å². The van der Waals surface area contributed by atoms with Gasteiger partial charge in [0.2, 0.25) is 0 Å². The highest BCUT2D eigenvalue weighted by Crippen LogP contribution is 2.46. The Morgan fingerprint density at radius 2 is 0.420 bits per heavy atom. The molecule has 0 aliphatic carbocycles. The van der Waals surface area contributed by atoms with Crippen LogP contribution in [0.3, 0.4) is 0 Å². The molecule has 20 rings (SSSR count). The van der Waals surface area contributed by atoms with Crippen LogP contribution in [0.4, 0.5) is 0 Å². The van der Waals surface area contributed by atoms with Crippen molar-refractivity contribution in [1.29, 1.82) is 0 Å². The van der Waals surface area contributed by atoms with Gasteiger partial charge in [-0.25, -0.2) is 0 Å². The summed E-state index contributed by atoms with van der Waals surface area (Å²) in [4.78, 5) is 0. The number of hydrogen-bond acceptors (Lipinski definition) is 0. The van der Waals surface area contributed by atoms with Crippen molar-refractivity contribution in [3.8, 4) is 89.5 Å². The molecule has 0 radical (unpaired) electrons. The first-order valence-electron chi connectivity index (χ1n) is 34.4. The van der Waals surface area contributed by atoms with Crippen molar-refractivity contribution in [2.45, 2.75) is 0 Å². The molecule has 16 aromatic carbocycles. The second-order valence-corrected chi connectivity index (χ2v) is 25.9. The van der Waals surface area contributed by atoms with Crippen molar-refractivity contribution >= 4 is 87.2 Å². The molecule has 0 aliphatic heterocycles. The smallest absolute Gasteiger partial charge is 0.0641 e. The van der Waals surface area contributed by atoms with E-state index in [0.29, 0.717) is 0 Å². The Kier molecular flexibility index (Phi) is 14.2. The molecule has 0 unspecified atom stereocenters. The van der Waals surface area contributed by atoms with E-state index in [2.05, 4.69) is 407 Å². The molecular weight excluding hydrogens is 1210 g/mol. The highest BCUT2D eigenvalue weighted by Gasteiger charge is 2.24. The van der Waals surface area contributed by atoms with Gasteiger partial charge in [-0.05, 0) is 158 Å². The first kappa shape index (κ1) is 58.1. The van der Waals surface area contributed by atoms with E-state index in [4.69, 9.17) is 0 Å². The summed E-state index contributed by atoms with van der Waals surface area (Å²) in [5, 5.41) is 9.99. The van der Waals surface area contributed by atoms with Crippen molar-refractivity contribution in [3.05, 3.63) is 388 Å². The van der Waals surface area contributed by atoms with E-state index in [-0.39, 0.29) is 0 Å². The number of hydrogen-bond donors (Lipinski definition) is 0. The minimum Gasteiger partial charge on any atom is -0.309 e. The van der Waals surface area contributed by atoms with Crippen molar-refractivity contribution in [1.82, 2.24) is 18.3 Å². The Bertz CT molecular complexity index is 6440. The van der Waals surface area contributed by atoms with E-state index in [1.54, 1.807) is 0 Å². The molecule has 468 valence electrons. The summed E-state index contributed by atoms with van der Waals surface area (Å²) in [5.41, 5.74) is 28.8. The zero-order chi connectivity index (χ0) is 66.0. The Balaban J connectivity index is 0.000000139. The van der Waals surface area contributed by atoms with Gasteiger partial charge in [0.25, 0.3) is 0 Å². The lowest BCUT2D eigenvalue weighted by molar-refractivity contribution is 1.17. The summed E-state index contributed by atoms with van der Waals surface area (Å²) < 4.78 is 9.85. The molecule has 4 nitrogen and oxygen atoms in total. The molecule has 100 heavy (non-hydrogen) atoms. The highest BCUT2D eigenvalue weighted by molar-refractivity contribution is 6.28. The average molecular weight is 1270 g/mol. The van der Waals surface area contributed by atoms with E-state index in [0.717, 1.165) is 22.7 Å². The number of aromatic nitrogens is 4. The maximum absolute atomic E-state index is 2.49. The lowest BCUT2D eigenvalue weighted by Gasteiger charge is -2.12. The molecule has 0 fully saturated rings. The fourth-order valence-electron chi connectivity index (χ4n) is 15.6. The van der Waals surface area contributed by atoms with Crippen LogP contribution in [0.15, 0.2) is 388 Å². The van der Waals surface area contributed by atoms with Gasteiger partial charge in [-0.3, -0.25) is 0 Å². The average Bonchev–Trinajstić information content (AvgIpc) is 1.55. The lowest BCUT2D eigenvalue weighted by atomic mass is 10.0. The van der Waals surface area contributed by atoms with Crippen molar-refractivity contribution in [2.24, 2.45) is 0 Å². The van der Waals surface area contributed by atoms with Gasteiger partial charge >= 0.3 is 0 Å². The van der Waals surface area contributed by atoms with Crippen LogP contribution in [0.1, 0.15) is 0 Å². The Labute approximate surface area is 579 Å². The van der Waals surface area contributed by atoms with Crippen molar-refractivity contribution < 1.29 is 0 Å². The fourth-order valence-corrected chi connectivity index (χ4v) is 15.6. The number of rotatable bonds is 10. The van der Waals surface area contributed by atoms with Gasteiger partial charge in [-0.15, -0.1) is 0 Å². The Morgan fingerprint density at radius 3 is 0.880 bits per heavy atom. The number of para-hydroxylation sites is 2. The summed E-state index contributed by atoms with van der Waals surface area (Å²) in [5.74, 6) is 0. The molecule has 0 aliphatic rings. The number of nitrogens with zero attached hydrogens (tertiary/aromatic N) is 4. The third-order valence-corrected chi connectivity index (χ3v) is 20.2. The first-order valence-corrected chi connectivity index (χ1v) is 34.4. The predicted octanol–water partition coefficient (Wildman–Crippen LogP) is 25.8. The van der Waals surface area contributed by atoms with Gasteiger partial charge in [0.15, 0.2) is 0 Å². The summed E-state index contributed by atoms with van der Waals surface area (Å²) in [7, 11) is 0. The van der Waals surface area contributed by atoms with Gasteiger partial charge in [0.05, 0.1) is 44.1 Å². The van der Waals surface area contributed by atoms with E-state index in [1.165, 1.54) is 154 Å². The van der Waals surface area contributed by atoms with Gasteiger partial charge < -0.3 is 18.3 Å². The zero-order valence-corrected chi connectivity index (χ0v) is 54.7. The van der Waals surface area contributed by atoms with Crippen molar-refractivity contribution in [3.63, 3.8) is 0 Å². The summed E-state index contributed by atoms with van der Waals surface area (Å²) in [6.07, 6.45) is 0. The molecule has 0 atom stereocenters. The standard InChI is InChI=1S/2C48H32N2/c1-4-14-33(15-5-1)36-20-12-22-39(30-36)49-44-25-11-10-24-42(44)47-46(49)29-27-41-43-32-38(35-18-8-3-9-19-35)26-28-45(43)50(48(41)47)40-23-13-21-37(31-40)34-16-6-2-7-17-34;1-4-12-33(13-5-1)36-20-25-39(26-21-36)49-44-19-11-10-18-43(44)47-45(49)31-30-42-41-29-24-38(35-16-8-3-9-17-35)32-46(41)50(48(42)47)40-27-22-37(23-28-40)34-14-6-2-7-15-34/h2*1-32H. The molecule has 4 heterocycles. The van der Waals surface area contributed by atoms with Crippen LogP contribution in [-0.4, -0.2) is 18.3 Å². The third-order valence-electron chi connectivity index (χ3n) is 20.2. The van der Waals surface area contributed by atoms with E-state index < -0.39 is 0 Å². The van der Waals surface area contributed by atoms with Crippen LogP contribution in [-0.2, 0) is 0 Å². The van der Waals surface area contributed by atoms with Crippen LogP contribution in [0.2, 0.25) is 0 Å². The molecule has 0 N–H and O–H groups in total. The summed E-state index contributed by atoms with van der Waals surface area (Å²) in [6, 6.07) is 141. The Morgan fingerprint density at radius 1 is 0.130 bits per heavy atom. The predicted molar refractivity (Wildman–Crippen MR) is 423 cm³/mol. The summed E-state index contributed by atoms with van der Waals surface area (Å²) in [6.45, 7) is 0. The van der Waals surface area contributed by atoms with Gasteiger partial charge in [0.1, 0.15) is 0 Å². The zero-order valence-electron chi connectivity index (χ0n) is 54.7. The fraction of sp³-hybridized carbons (Fsp3) is 0. The van der Waals surface area contributed by atoms with E-state index in [9.17, 15) is 0 Å². The van der Waals surface area contributed by atoms with E-state index in [1.807, 2.05) is 0 Å². The minimum absolute atomic E-state index is 1.14. The topological polar surface area (TPSA) is 19.7 Å². The monoisotopic (exact) mass is 1270 g/mol. The van der Waals surface area contributed by atoms with Gasteiger partial charge in [-0.2, -0.15) is 0 Å². The maximum Gasteiger partial charge on any atom is 0.0641 e. The van der Waals surface area contributed by atoms with Gasteiger partial charge in [-0.1, -0.05) is 297 Å². The van der Waals surface area contributed by atoms with Gasteiger partial charge in [0, 0.05) is 65.8 Å². The largest absolute Gasteiger partial charge is 0.309 e. The molecule has 20 aromatic rings. The van der Waals surface area contributed by atoms with E-state index >= 15 is 0 Å². The quantitative estimate of drug-likeness (QED) is 0.130. The second-order valence-electron chi connectivity index (χ2n) is 25.9. The van der Waals surface area contributed by atoms with Crippen LogP contribution in [0, 0.1) is 0 Å². The first-order chi connectivity index (χ1) is 49.6. The molecule has 0 saturated heterocycles. The van der Waals surface area contributed by atoms with Crippen LogP contribution in [0.5, 0.6) is 0 Å². The molecule has 0 bridgehead atoms. The summed E-state index contributed by atoms with van der Waals surface area (Å²) >= 11 is 0. The highest BCUT2D eigenvalue weighted by atomic mass is 15.0. The second kappa shape index (κ2) is 24.4. The third kappa shape index (κ3) is 9.92. The molecule has 0 amide bonds. The molecular formula is C96H64N4. The molecule has 4 aromatic heterocycles.